The minimum Gasteiger partial charge on any atom is -0.467 e. The molecule has 1 aromatic carbocycles. The molecule has 0 aromatic heterocycles. The van der Waals surface area contributed by atoms with Crippen molar-refractivity contribution in [3.63, 3.8) is 0 Å². The Bertz CT molecular complexity index is 453. The Morgan fingerprint density at radius 2 is 2.06 bits per heavy atom. The van der Waals surface area contributed by atoms with Crippen LogP contribution < -0.4 is 5.32 Å². The van der Waals surface area contributed by atoms with Crippen LogP contribution in [0.1, 0.15) is 5.56 Å². The number of nitriles is 1. The van der Waals surface area contributed by atoms with Gasteiger partial charge in [-0.15, -0.1) is 0 Å². The Hall–Kier alpha value is -2.55. The van der Waals surface area contributed by atoms with E-state index >= 15 is 0 Å². The van der Waals surface area contributed by atoms with Crippen molar-refractivity contribution in [1.29, 1.82) is 5.26 Å². The van der Waals surface area contributed by atoms with Crippen LogP contribution in [0.15, 0.2) is 30.3 Å². The van der Waals surface area contributed by atoms with Crippen molar-refractivity contribution in [3.8, 4) is 6.07 Å². The Kier molecular flexibility index (Phi) is 5.19. The van der Waals surface area contributed by atoms with Gasteiger partial charge >= 0.3 is 12.1 Å². The number of nitrogens with one attached hydrogen (secondary N) is 1. The van der Waals surface area contributed by atoms with Gasteiger partial charge in [-0.3, -0.25) is 5.32 Å². The van der Waals surface area contributed by atoms with E-state index in [0.29, 0.717) is 0 Å². The lowest BCUT2D eigenvalue weighted by Crippen LogP contribution is -2.40. The lowest BCUT2D eigenvalue weighted by atomic mass is 10.2. The normalized spacial score (nSPS) is 10.9. The summed E-state index contributed by atoms with van der Waals surface area (Å²) in [6.45, 7) is 0.0615. The van der Waals surface area contributed by atoms with Gasteiger partial charge in [0.05, 0.1) is 13.2 Å². The quantitative estimate of drug-likeness (QED) is 0.802. The van der Waals surface area contributed by atoms with Crippen LogP contribution in [0, 0.1) is 11.3 Å². The van der Waals surface area contributed by atoms with Gasteiger partial charge in [-0.25, -0.2) is 9.59 Å². The summed E-state index contributed by atoms with van der Waals surface area (Å²) >= 11 is 0. The fourth-order valence-electron chi connectivity index (χ4n) is 1.14. The van der Waals surface area contributed by atoms with Crippen molar-refractivity contribution in [1.82, 2.24) is 5.32 Å². The molecular weight excluding hydrogens is 236 g/mol. The molecule has 6 heteroatoms. The summed E-state index contributed by atoms with van der Waals surface area (Å²) in [4.78, 5) is 22.4. The van der Waals surface area contributed by atoms with Crippen molar-refractivity contribution in [2.45, 2.75) is 12.6 Å². The molecule has 1 rings (SSSR count). The van der Waals surface area contributed by atoms with Gasteiger partial charge in [0, 0.05) is 0 Å². The van der Waals surface area contributed by atoms with E-state index in [1.54, 1.807) is 18.2 Å². The Balaban J connectivity index is 2.42. The maximum atomic E-state index is 11.3. The van der Waals surface area contributed by atoms with Crippen LogP contribution in [0.25, 0.3) is 0 Å². The molecule has 0 heterocycles. The average molecular weight is 248 g/mol. The van der Waals surface area contributed by atoms with Crippen LogP contribution in [0.4, 0.5) is 4.79 Å². The Morgan fingerprint density at radius 1 is 1.39 bits per heavy atom. The minimum atomic E-state index is -1.36. The molecule has 1 amide bonds. The molecule has 0 spiro atoms. The molecule has 0 fully saturated rings. The molecule has 0 saturated carbocycles. The molecule has 18 heavy (non-hydrogen) atoms. The van der Waals surface area contributed by atoms with Gasteiger partial charge in [0.2, 0.25) is 6.04 Å². The Morgan fingerprint density at radius 3 is 2.61 bits per heavy atom. The number of alkyl carbamates (subject to hydrolysis) is 1. The lowest BCUT2D eigenvalue weighted by Gasteiger charge is -2.09. The van der Waals surface area contributed by atoms with Crippen LogP contribution in [0.3, 0.4) is 0 Å². The van der Waals surface area contributed by atoms with Crippen molar-refractivity contribution in [3.05, 3.63) is 35.9 Å². The van der Waals surface area contributed by atoms with Crippen LogP contribution in [0.2, 0.25) is 0 Å². The third-order valence-electron chi connectivity index (χ3n) is 2.04. The van der Waals surface area contributed by atoms with E-state index in [9.17, 15) is 9.59 Å². The van der Waals surface area contributed by atoms with Crippen LogP contribution in [-0.4, -0.2) is 25.2 Å². The van der Waals surface area contributed by atoms with Crippen LogP contribution in [0.5, 0.6) is 0 Å². The first-order valence-corrected chi connectivity index (χ1v) is 5.12. The minimum absolute atomic E-state index is 0.0615. The van der Waals surface area contributed by atoms with Gasteiger partial charge < -0.3 is 9.47 Å². The van der Waals surface area contributed by atoms with Gasteiger partial charge in [-0.05, 0) is 5.56 Å². The summed E-state index contributed by atoms with van der Waals surface area (Å²) in [5.41, 5.74) is 0.805. The number of rotatable bonds is 4. The second kappa shape index (κ2) is 6.91. The predicted octanol–water partition coefficient (Wildman–Crippen LogP) is 0.978. The number of nitrogens with zero attached hydrogens (tertiary/aromatic N) is 1. The highest BCUT2D eigenvalue weighted by Crippen LogP contribution is 2.00. The van der Waals surface area contributed by atoms with E-state index in [4.69, 9.17) is 10.00 Å². The number of amides is 1. The number of ether oxygens (including phenoxy) is 2. The molecular formula is C12H12N2O4. The molecule has 94 valence electrons. The first-order valence-electron chi connectivity index (χ1n) is 5.12. The molecule has 6 nitrogen and oxygen atoms in total. The summed E-state index contributed by atoms with van der Waals surface area (Å²) in [6, 6.07) is 9.26. The van der Waals surface area contributed by atoms with Gasteiger partial charge in [-0.2, -0.15) is 5.26 Å². The summed E-state index contributed by atoms with van der Waals surface area (Å²) in [5.74, 6) is -0.839. The molecule has 0 aliphatic heterocycles. The summed E-state index contributed by atoms with van der Waals surface area (Å²) in [6.07, 6.45) is -0.851. The van der Waals surface area contributed by atoms with E-state index in [0.717, 1.165) is 12.7 Å². The van der Waals surface area contributed by atoms with E-state index in [1.807, 2.05) is 18.2 Å². The van der Waals surface area contributed by atoms with E-state index in [2.05, 4.69) is 10.1 Å². The SMILES string of the molecule is COC(=O)[C@@H](C#N)NC(=O)OCc1ccccc1. The first kappa shape index (κ1) is 13.5. The summed E-state index contributed by atoms with van der Waals surface area (Å²) in [5, 5.41) is 10.7. The number of carbonyl (C=O) groups is 2. The van der Waals surface area contributed by atoms with Gasteiger partial charge in [-0.1, -0.05) is 30.3 Å². The number of hydrogen-bond donors (Lipinski definition) is 1. The maximum absolute atomic E-state index is 11.3. The third kappa shape index (κ3) is 4.14. The molecule has 0 saturated heterocycles. The largest absolute Gasteiger partial charge is 0.467 e. The average Bonchev–Trinajstić information content (AvgIpc) is 2.42. The van der Waals surface area contributed by atoms with E-state index in [-0.39, 0.29) is 6.61 Å². The van der Waals surface area contributed by atoms with Crippen molar-refractivity contribution < 1.29 is 19.1 Å². The number of methoxy groups -OCH3 is 1. The zero-order valence-corrected chi connectivity index (χ0v) is 9.75. The number of carbonyl (C=O) groups excluding carboxylic acids is 2. The fraction of sp³-hybridized carbons (Fsp3) is 0.250. The predicted molar refractivity (Wildman–Crippen MR) is 61.2 cm³/mol. The van der Waals surface area contributed by atoms with Crippen molar-refractivity contribution in [2.24, 2.45) is 0 Å². The Labute approximate surface area is 104 Å². The monoisotopic (exact) mass is 248 g/mol. The fourth-order valence-corrected chi connectivity index (χ4v) is 1.14. The standard InChI is InChI=1S/C12H12N2O4/c1-17-11(15)10(7-13)14-12(16)18-8-9-5-3-2-4-6-9/h2-6,10H,8H2,1H3,(H,14,16)/t10-/m1/s1. The van der Waals surface area contributed by atoms with Gasteiger partial charge in [0.25, 0.3) is 0 Å². The van der Waals surface area contributed by atoms with Crippen molar-refractivity contribution in [2.75, 3.05) is 7.11 Å². The molecule has 0 aliphatic carbocycles. The molecule has 1 N–H and O–H groups in total. The topological polar surface area (TPSA) is 88.4 Å². The molecule has 0 radical (unpaired) electrons. The molecule has 1 aromatic rings. The summed E-state index contributed by atoms with van der Waals surface area (Å²) in [7, 11) is 1.13. The second-order valence-corrected chi connectivity index (χ2v) is 3.29. The summed E-state index contributed by atoms with van der Waals surface area (Å²) < 4.78 is 9.18. The molecule has 0 bridgehead atoms. The number of esters is 1. The highest BCUT2D eigenvalue weighted by molar-refractivity contribution is 5.83. The second-order valence-electron chi connectivity index (χ2n) is 3.29. The van der Waals surface area contributed by atoms with Crippen LogP contribution >= 0.6 is 0 Å². The van der Waals surface area contributed by atoms with Crippen LogP contribution in [-0.2, 0) is 20.9 Å². The number of benzene rings is 1. The zero-order chi connectivity index (χ0) is 13.4. The van der Waals surface area contributed by atoms with E-state index in [1.165, 1.54) is 0 Å². The smallest absolute Gasteiger partial charge is 0.408 e. The molecule has 0 aliphatic rings. The highest BCUT2D eigenvalue weighted by Gasteiger charge is 2.21. The van der Waals surface area contributed by atoms with Gasteiger partial charge in [0.1, 0.15) is 6.61 Å². The lowest BCUT2D eigenvalue weighted by molar-refractivity contribution is -0.141. The highest BCUT2D eigenvalue weighted by atomic mass is 16.6. The first-order chi connectivity index (χ1) is 8.67. The van der Waals surface area contributed by atoms with Gasteiger partial charge in [0.15, 0.2) is 0 Å². The third-order valence-corrected chi connectivity index (χ3v) is 2.04. The molecule has 0 unspecified atom stereocenters. The zero-order valence-electron chi connectivity index (χ0n) is 9.75. The molecule has 1 atom stereocenters. The number of hydrogen-bond acceptors (Lipinski definition) is 5. The van der Waals surface area contributed by atoms with E-state index < -0.39 is 18.1 Å². The maximum Gasteiger partial charge on any atom is 0.408 e. The van der Waals surface area contributed by atoms with Crippen molar-refractivity contribution >= 4 is 12.1 Å².